The highest BCUT2D eigenvalue weighted by molar-refractivity contribution is 6.31. The van der Waals surface area contributed by atoms with Crippen LogP contribution in [0.3, 0.4) is 0 Å². The summed E-state index contributed by atoms with van der Waals surface area (Å²) in [4.78, 5) is 24.3. The number of nitrogens with one attached hydrogen (secondary N) is 2. The molecule has 2 aromatic carbocycles. The third-order valence-corrected chi connectivity index (χ3v) is 6.34. The van der Waals surface area contributed by atoms with Crippen molar-refractivity contribution in [3.63, 3.8) is 0 Å². The van der Waals surface area contributed by atoms with Crippen molar-refractivity contribution in [1.82, 2.24) is 10.6 Å². The topological polar surface area (TPSA) is 76.7 Å². The Morgan fingerprint density at radius 1 is 0.711 bits per heavy atom. The zero-order chi connectivity index (χ0) is 28.1. The van der Waals surface area contributed by atoms with Gasteiger partial charge in [-0.15, -0.1) is 0 Å². The van der Waals surface area contributed by atoms with Crippen LogP contribution in [0.2, 0.25) is 10.0 Å². The van der Waals surface area contributed by atoms with Gasteiger partial charge in [-0.2, -0.15) is 26.3 Å². The highest BCUT2D eigenvalue weighted by atomic mass is 35.5. The minimum Gasteiger partial charge on any atom is -0.484 e. The zero-order valence-corrected chi connectivity index (χ0v) is 21.0. The van der Waals surface area contributed by atoms with Crippen LogP contribution in [0.15, 0.2) is 36.4 Å². The number of hydrogen-bond donors (Lipinski definition) is 2. The number of amides is 2. The Morgan fingerprint density at radius 2 is 1.05 bits per heavy atom. The highest BCUT2D eigenvalue weighted by Crippen LogP contribution is 2.37. The molecule has 208 valence electrons. The Bertz CT molecular complexity index is 1060. The smallest absolute Gasteiger partial charge is 0.417 e. The number of hydrogen-bond acceptors (Lipinski definition) is 4. The summed E-state index contributed by atoms with van der Waals surface area (Å²) >= 11 is 11.1. The van der Waals surface area contributed by atoms with Crippen LogP contribution in [-0.4, -0.2) is 37.1 Å². The lowest BCUT2D eigenvalue weighted by Crippen LogP contribution is -2.45. The molecule has 2 amide bonds. The Labute approximate surface area is 223 Å². The lowest BCUT2D eigenvalue weighted by atomic mass is 9.91. The van der Waals surface area contributed by atoms with Crippen molar-refractivity contribution in [2.24, 2.45) is 0 Å². The van der Waals surface area contributed by atoms with E-state index in [0.717, 1.165) is 24.3 Å². The molecule has 1 fully saturated rings. The van der Waals surface area contributed by atoms with Crippen LogP contribution in [0, 0.1) is 0 Å². The number of benzene rings is 2. The van der Waals surface area contributed by atoms with Gasteiger partial charge >= 0.3 is 12.4 Å². The fourth-order valence-electron chi connectivity index (χ4n) is 3.84. The van der Waals surface area contributed by atoms with Crippen molar-refractivity contribution in [3.8, 4) is 11.5 Å². The van der Waals surface area contributed by atoms with E-state index in [1.165, 1.54) is 12.1 Å². The molecule has 0 unspecified atom stereocenters. The first-order valence-electron chi connectivity index (χ1n) is 11.3. The first-order chi connectivity index (χ1) is 17.7. The zero-order valence-electron chi connectivity index (χ0n) is 19.5. The molecule has 0 bridgehead atoms. The largest absolute Gasteiger partial charge is 0.484 e. The fourth-order valence-corrected chi connectivity index (χ4v) is 4.29. The SMILES string of the molecule is O=C(COc1ccc(Cl)c(C(F)(F)F)c1)NC1CCC(NC(=O)COc2ccc(Cl)c(C(F)(F)F)c2)CC1. The Morgan fingerprint density at radius 3 is 1.37 bits per heavy atom. The molecule has 1 aliphatic carbocycles. The third-order valence-electron chi connectivity index (χ3n) is 5.68. The Kier molecular flexibility index (Phi) is 9.64. The standard InChI is InChI=1S/C24H22Cl2F6N2O4/c25-19-7-5-15(9-17(19)23(27,28)29)37-11-21(35)33-13-1-2-14(4-3-13)34-22(36)12-38-16-6-8-20(26)18(10-16)24(30,31)32/h5-10,13-14H,1-4,11-12H2,(H,33,35)(H,34,36). The molecule has 2 N–H and O–H groups in total. The maximum Gasteiger partial charge on any atom is 0.417 e. The van der Waals surface area contributed by atoms with E-state index < -0.39 is 58.6 Å². The molecule has 38 heavy (non-hydrogen) atoms. The van der Waals surface area contributed by atoms with Crippen LogP contribution in [0.4, 0.5) is 26.3 Å². The molecular formula is C24H22Cl2F6N2O4. The molecular weight excluding hydrogens is 565 g/mol. The molecule has 0 atom stereocenters. The first-order valence-corrected chi connectivity index (χ1v) is 12.1. The second-order valence-corrected chi connectivity index (χ2v) is 9.35. The van der Waals surface area contributed by atoms with Gasteiger partial charge in [0.1, 0.15) is 11.5 Å². The average molecular weight is 587 g/mol. The molecule has 3 rings (SSSR count). The van der Waals surface area contributed by atoms with E-state index in [2.05, 4.69) is 10.6 Å². The normalized spacial score (nSPS) is 18.0. The number of carbonyl (C=O) groups is 2. The van der Waals surface area contributed by atoms with Gasteiger partial charge in [0.2, 0.25) is 0 Å². The second-order valence-electron chi connectivity index (χ2n) is 8.54. The van der Waals surface area contributed by atoms with Gasteiger partial charge < -0.3 is 20.1 Å². The number of rotatable bonds is 8. The number of ether oxygens (including phenoxy) is 2. The summed E-state index contributed by atoms with van der Waals surface area (Å²) in [5.74, 6) is -1.34. The van der Waals surface area contributed by atoms with Gasteiger partial charge in [-0.05, 0) is 62.1 Å². The Balaban J connectivity index is 1.38. The van der Waals surface area contributed by atoms with E-state index in [1.807, 2.05) is 0 Å². The van der Waals surface area contributed by atoms with Crippen molar-refractivity contribution in [2.75, 3.05) is 13.2 Å². The molecule has 0 aromatic heterocycles. The van der Waals surface area contributed by atoms with Crippen molar-refractivity contribution in [2.45, 2.75) is 50.1 Å². The van der Waals surface area contributed by atoms with Gasteiger partial charge in [-0.25, -0.2) is 0 Å². The molecule has 0 aliphatic heterocycles. The average Bonchev–Trinajstić information content (AvgIpc) is 2.83. The third kappa shape index (κ3) is 8.59. The summed E-state index contributed by atoms with van der Waals surface area (Å²) < 4.78 is 88.0. The summed E-state index contributed by atoms with van der Waals surface area (Å²) in [5, 5.41) is 4.51. The molecule has 2 aromatic rings. The van der Waals surface area contributed by atoms with Crippen LogP contribution in [-0.2, 0) is 21.9 Å². The Hall–Kier alpha value is -2.86. The molecule has 6 nitrogen and oxygen atoms in total. The second kappa shape index (κ2) is 12.3. The monoisotopic (exact) mass is 586 g/mol. The summed E-state index contributed by atoms with van der Waals surface area (Å²) in [7, 11) is 0. The summed E-state index contributed by atoms with van der Waals surface area (Å²) in [6.45, 7) is -0.985. The molecule has 0 heterocycles. The maximum absolute atomic E-state index is 12.9. The molecule has 0 saturated heterocycles. The maximum atomic E-state index is 12.9. The van der Waals surface area contributed by atoms with Crippen molar-refractivity contribution >= 4 is 35.0 Å². The van der Waals surface area contributed by atoms with Gasteiger partial charge in [0.25, 0.3) is 11.8 Å². The lowest BCUT2D eigenvalue weighted by Gasteiger charge is -2.29. The number of alkyl halides is 6. The molecule has 14 heteroatoms. The quantitative estimate of drug-likeness (QED) is 0.370. The summed E-state index contributed by atoms with van der Waals surface area (Å²) in [5.41, 5.74) is -2.14. The minimum absolute atomic E-state index is 0.154. The van der Waals surface area contributed by atoms with E-state index >= 15 is 0 Å². The lowest BCUT2D eigenvalue weighted by molar-refractivity contribution is -0.138. The summed E-state index contributed by atoms with van der Waals surface area (Å²) in [6, 6.07) is 5.52. The van der Waals surface area contributed by atoms with Crippen LogP contribution in [0.25, 0.3) is 0 Å². The fraction of sp³-hybridized carbons (Fsp3) is 0.417. The minimum atomic E-state index is -4.66. The van der Waals surface area contributed by atoms with Crippen molar-refractivity contribution in [1.29, 1.82) is 0 Å². The van der Waals surface area contributed by atoms with E-state index in [4.69, 9.17) is 32.7 Å². The van der Waals surface area contributed by atoms with Crippen LogP contribution in [0.1, 0.15) is 36.8 Å². The van der Waals surface area contributed by atoms with Gasteiger partial charge in [-0.1, -0.05) is 23.2 Å². The van der Waals surface area contributed by atoms with E-state index in [1.54, 1.807) is 0 Å². The van der Waals surface area contributed by atoms with Gasteiger partial charge in [0.05, 0.1) is 21.2 Å². The number of carbonyl (C=O) groups excluding carboxylic acids is 2. The predicted octanol–water partition coefficient (Wildman–Crippen LogP) is 6.03. The molecule has 1 saturated carbocycles. The van der Waals surface area contributed by atoms with Crippen LogP contribution < -0.4 is 20.1 Å². The molecule has 0 spiro atoms. The molecule has 0 radical (unpaired) electrons. The predicted molar refractivity (Wildman–Crippen MR) is 126 cm³/mol. The summed E-state index contributed by atoms with van der Waals surface area (Å²) in [6.07, 6.45) is -7.26. The van der Waals surface area contributed by atoms with Gasteiger partial charge in [0.15, 0.2) is 13.2 Å². The highest BCUT2D eigenvalue weighted by Gasteiger charge is 2.34. The van der Waals surface area contributed by atoms with E-state index in [9.17, 15) is 35.9 Å². The van der Waals surface area contributed by atoms with Crippen LogP contribution in [0.5, 0.6) is 11.5 Å². The first kappa shape index (κ1) is 29.7. The van der Waals surface area contributed by atoms with Crippen LogP contribution >= 0.6 is 23.2 Å². The van der Waals surface area contributed by atoms with E-state index in [0.29, 0.717) is 25.7 Å². The van der Waals surface area contributed by atoms with Gasteiger partial charge in [-0.3, -0.25) is 9.59 Å². The molecule has 1 aliphatic rings. The van der Waals surface area contributed by atoms with Gasteiger partial charge in [0, 0.05) is 12.1 Å². The van der Waals surface area contributed by atoms with E-state index in [-0.39, 0.29) is 23.6 Å². The van der Waals surface area contributed by atoms with Crippen molar-refractivity contribution in [3.05, 3.63) is 57.6 Å². The van der Waals surface area contributed by atoms with Crippen molar-refractivity contribution < 1.29 is 45.4 Å². The number of halogens is 8.